The molecule has 1 aromatic rings. The maximum atomic E-state index is 11.9. The first-order chi connectivity index (χ1) is 9.16. The van der Waals surface area contributed by atoms with Crippen molar-refractivity contribution in [2.45, 2.75) is 44.6 Å². The number of nitrogens with zero attached hydrogens (tertiary/aromatic N) is 2. The highest BCUT2D eigenvalue weighted by atomic mass is 16.2. The zero-order valence-electron chi connectivity index (χ0n) is 11.6. The van der Waals surface area contributed by atoms with Crippen LogP contribution in [0, 0.1) is 5.92 Å². The summed E-state index contributed by atoms with van der Waals surface area (Å²) in [5, 5.41) is 6.94. The third-order valence-corrected chi connectivity index (χ3v) is 3.93. The molecule has 1 aromatic heterocycles. The summed E-state index contributed by atoms with van der Waals surface area (Å²) in [5.74, 6) is 0.767. The zero-order valence-corrected chi connectivity index (χ0v) is 11.6. The van der Waals surface area contributed by atoms with Crippen LogP contribution in [0.1, 0.15) is 50.1 Å². The molecule has 3 N–H and O–H groups in total. The topological polar surface area (TPSA) is 72.9 Å². The van der Waals surface area contributed by atoms with Gasteiger partial charge in [0.15, 0.2) is 0 Å². The van der Waals surface area contributed by atoms with Gasteiger partial charge in [-0.25, -0.2) is 0 Å². The summed E-state index contributed by atoms with van der Waals surface area (Å²) in [6.07, 6.45) is 11.2. The van der Waals surface area contributed by atoms with Crippen molar-refractivity contribution in [3.05, 3.63) is 18.0 Å². The van der Waals surface area contributed by atoms with Gasteiger partial charge in [-0.1, -0.05) is 25.7 Å². The van der Waals surface area contributed by atoms with E-state index in [-0.39, 0.29) is 5.91 Å². The number of aryl methyl sites for hydroxylation is 1. The molecule has 0 saturated heterocycles. The second-order valence-electron chi connectivity index (χ2n) is 5.51. The average Bonchev–Trinajstić information content (AvgIpc) is 3.04. The van der Waals surface area contributed by atoms with Crippen LogP contribution in [0.15, 0.2) is 12.4 Å². The van der Waals surface area contributed by atoms with Crippen LogP contribution in [0.4, 0.5) is 0 Å². The third kappa shape index (κ3) is 4.06. The highest BCUT2D eigenvalue weighted by Crippen LogP contribution is 2.28. The van der Waals surface area contributed by atoms with Crippen molar-refractivity contribution < 1.29 is 4.79 Å². The van der Waals surface area contributed by atoms with Crippen LogP contribution < -0.4 is 11.1 Å². The Morgan fingerprint density at radius 3 is 2.95 bits per heavy atom. The number of nitrogens with one attached hydrogen (secondary N) is 1. The Bertz CT molecular complexity index is 409. The Balaban J connectivity index is 1.66. The summed E-state index contributed by atoms with van der Waals surface area (Å²) in [7, 11) is 1.82. The number of nitrogens with two attached hydrogens (primary N) is 1. The Morgan fingerprint density at radius 1 is 1.58 bits per heavy atom. The van der Waals surface area contributed by atoms with Gasteiger partial charge in [0.2, 0.25) is 5.91 Å². The molecule has 2 rings (SSSR count). The van der Waals surface area contributed by atoms with Crippen molar-refractivity contribution in [1.29, 1.82) is 0 Å². The molecule has 1 aliphatic carbocycles. The molecule has 1 saturated carbocycles. The van der Waals surface area contributed by atoms with E-state index in [1.165, 1.54) is 32.1 Å². The van der Waals surface area contributed by atoms with Crippen molar-refractivity contribution in [1.82, 2.24) is 15.1 Å². The molecule has 5 heteroatoms. The number of rotatable bonds is 6. The molecule has 1 atom stereocenters. The second kappa shape index (κ2) is 6.70. The summed E-state index contributed by atoms with van der Waals surface area (Å²) in [6.45, 7) is 0.725. The molecule has 1 aliphatic rings. The number of carbonyl (C=O) groups is 1. The van der Waals surface area contributed by atoms with E-state index in [2.05, 4.69) is 10.4 Å². The van der Waals surface area contributed by atoms with E-state index in [1.54, 1.807) is 17.1 Å². The van der Waals surface area contributed by atoms with Gasteiger partial charge >= 0.3 is 0 Å². The predicted octanol–water partition coefficient (Wildman–Crippen LogP) is 1.51. The fourth-order valence-electron chi connectivity index (χ4n) is 2.76. The minimum atomic E-state index is -0.611. The van der Waals surface area contributed by atoms with Crippen molar-refractivity contribution >= 4 is 5.91 Å². The van der Waals surface area contributed by atoms with Gasteiger partial charge in [-0.3, -0.25) is 9.48 Å². The molecule has 1 fully saturated rings. The van der Waals surface area contributed by atoms with Crippen LogP contribution in [0.25, 0.3) is 0 Å². The summed E-state index contributed by atoms with van der Waals surface area (Å²) in [4.78, 5) is 11.9. The molecule has 106 valence electrons. The first-order valence-corrected chi connectivity index (χ1v) is 7.18. The molecule has 19 heavy (non-hydrogen) atoms. The third-order valence-electron chi connectivity index (χ3n) is 3.93. The number of amides is 1. The van der Waals surface area contributed by atoms with E-state index in [1.807, 2.05) is 7.05 Å². The molecule has 0 radical (unpaired) electrons. The van der Waals surface area contributed by atoms with Crippen LogP contribution >= 0.6 is 0 Å². The monoisotopic (exact) mass is 264 g/mol. The van der Waals surface area contributed by atoms with Crippen molar-refractivity contribution in [3.63, 3.8) is 0 Å². The maximum absolute atomic E-state index is 11.9. The fraction of sp³-hybridized carbons (Fsp3) is 0.714. The molecular formula is C14H24N4O. The summed E-state index contributed by atoms with van der Waals surface area (Å²) < 4.78 is 1.66. The van der Waals surface area contributed by atoms with Gasteiger partial charge in [0, 0.05) is 25.4 Å². The summed E-state index contributed by atoms with van der Waals surface area (Å²) in [5.41, 5.74) is 6.65. The number of aromatic nitrogens is 2. The molecule has 0 spiro atoms. The molecular weight excluding hydrogens is 240 g/mol. The lowest BCUT2D eigenvalue weighted by Crippen LogP contribution is -2.34. The van der Waals surface area contributed by atoms with Crippen LogP contribution in [0.2, 0.25) is 0 Å². The van der Waals surface area contributed by atoms with Gasteiger partial charge in [0.25, 0.3) is 0 Å². The van der Waals surface area contributed by atoms with Crippen molar-refractivity contribution in [3.8, 4) is 0 Å². The number of carbonyl (C=O) groups excluding carboxylic acids is 1. The highest BCUT2D eigenvalue weighted by Gasteiger charge is 2.17. The second-order valence-corrected chi connectivity index (χ2v) is 5.51. The van der Waals surface area contributed by atoms with E-state index in [4.69, 9.17) is 5.73 Å². The maximum Gasteiger partial charge on any atom is 0.241 e. The Kier molecular flexibility index (Phi) is 4.96. The fourth-order valence-corrected chi connectivity index (χ4v) is 2.76. The summed E-state index contributed by atoms with van der Waals surface area (Å²) in [6, 6.07) is -0.611. The van der Waals surface area contributed by atoms with E-state index in [0.29, 0.717) is 0 Å². The minimum absolute atomic E-state index is 0.112. The van der Waals surface area contributed by atoms with Crippen LogP contribution in [-0.4, -0.2) is 22.2 Å². The van der Waals surface area contributed by atoms with Crippen LogP contribution in [0.3, 0.4) is 0 Å². The zero-order chi connectivity index (χ0) is 13.7. The van der Waals surface area contributed by atoms with Gasteiger partial charge in [0.05, 0.1) is 6.20 Å². The van der Waals surface area contributed by atoms with Gasteiger partial charge < -0.3 is 11.1 Å². The SMILES string of the molecule is Cn1cc(C(N)C(=O)NCCCC2CCCC2)cn1. The average molecular weight is 264 g/mol. The minimum Gasteiger partial charge on any atom is -0.354 e. The van der Waals surface area contributed by atoms with Crippen LogP contribution in [0.5, 0.6) is 0 Å². The molecule has 1 heterocycles. The van der Waals surface area contributed by atoms with E-state index in [9.17, 15) is 4.79 Å². The van der Waals surface area contributed by atoms with E-state index >= 15 is 0 Å². The van der Waals surface area contributed by atoms with Gasteiger partial charge in [0.1, 0.15) is 6.04 Å². The standard InChI is InChI=1S/C14H24N4O/c1-18-10-12(9-17-18)13(15)14(19)16-8-4-7-11-5-2-3-6-11/h9-11,13H,2-8,15H2,1H3,(H,16,19). The Hall–Kier alpha value is -1.36. The van der Waals surface area contributed by atoms with E-state index in [0.717, 1.165) is 24.4 Å². The molecule has 1 amide bonds. The van der Waals surface area contributed by atoms with E-state index < -0.39 is 6.04 Å². The van der Waals surface area contributed by atoms with Gasteiger partial charge in [-0.2, -0.15) is 5.10 Å². The van der Waals surface area contributed by atoms with Gasteiger partial charge in [-0.05, 0) is 18.8 Å². The lowest BCUT2D eigenvalue weighted by molar-refractivity contribution is -0.122. The molecule has 0 aromatic carbocycles. The lowest BCUT2D eigenvalue weighted by atomic mass is 10.0. The Morgan fingerprint density at radius 2 is 2.32 bits per heavy atom. The van der Waals surface area contributed by atoms with Crippen LogP contribution in [-0.2, 0) is 11.8 Å². The molecule has 1 unspecified atom stereocenters. The first kappa shape index (κ1) is 14.1. The molecule has 5 nitrogen and oxygen atoms in total. The predicted molar refractivity (Wildman–Crippen MR) is 74.3 cm³/mol. The lowest BCUT2D eigenvalue weighted by Gasteiger charge is -2.12. The number of hydrogen-bond donors (Lipinski definition) is 2. The van der Waals surface area contributed by atoms with Crippen molar-refractivity contribution in [2.75, 3.05) is 6.54 Å². The van der Waals surface area contributed by atoms with Crippen molar-refractivity contribution in [2.24, 2.45) is 18.7 Å². The quantitative estimate of drug-likeness (QED) is 0.765. The normalized spacial score (nSPS) is 17.6. The number of hydrogen-bond acceptors (Lipinski definition) is 3. The highest BCUT2D eigenvalue weighted by molar-refractivity contribution is 5.82. The molecule has 0 bridgehead atoms. The smallest absolute Gasteiger partial charge is 0.241 e. The Labute approximate surface area is 114 Å². The first-order valence-electron chi connectivity index (χ1n) is 7.18. The molecule has 0 aliphatic heterocycles. The van der Waals surface area contributed by atoms with Gasteiger partial charge in [-0.15, -0.1) is 0 Å². The summed E-state index contributed by atoms with van der Waals surface area (Å²) >= 11 is 0. The largest absolute Gasteiger partial charge is 0.354 e.